The summed E-state index contributed by atoms with van der Waals surface area (Å²) in [5.74, 6) is -0.285. The van der Waals surface area contributed by atoms with Gasteiger partial charge in [-0.05, 0) is 31.3 Å². The highest BCUT2D eigenvalue weighted by Gasteiger charge is 2.21. The second-order valence-electron chi connectivity index (χ2n) is 5.51. The molecule has 0 aromatic carbocycles. The quantitative estimate of drug-likeness (QED) is 0.624. The average molecular weight is 285 g/mol. The van der Waals surface area contributed by atoms with Crippen molar-refractivity contribution < 1.29 is 14.7 Å². The molecule has 0 spiro atoms. The van der Waals surface area contributed by atoms with Gasteiger partial charge < -0.3 is 20.6 Å². The van der Waals surface area contributed by atoms with Gasteiger partial charge in [-0.15, -0.1) is 0 Å². The Kier molecular flexibility index (Phi) is 7.36. The van der Waals surface area contributed by atoms with Crippen LogP contribution in [0.5, 0.6) is 0 Å². The zero-order valence-electron chi connectivity index (χ0n) is 12.5. The van der Waals surface area contributed by atoms with Crippen molar-refractivity contribution in [3.63, 3.8) is 0 Å². The van der Waals surface area contributed by atoms with Gasteiger partial charge in [-0.2, -0.15) is 0 Å². The molecule has 0 radical (unpaired) electrons. The minimum Gasteiger partial charge on any atom is -0.481 e. The van der Waals surface area contributed by atoms with E-state index in [1.54, 1.807) is 0 Å². The molecular formula is C14H27N3O3. The lowest BCUT2D eigenvalue weighted by molar-refractivity contribution is -0.138. The summed E-state index contributed by atoms with van der Waals surface area (Å²) < 4.78 is 0. The van der Waals surface area contributed by atoms with Gasteiger partial charge >= 0.3 is 12.0 Å². The van der Waals surface area contributed by atoms with Crippen LogP contribution < -0.4 is 10.6 Å². The van der Waals surface area contributed by atoms with E-state index in [0.717, 1.165) is 32.5 Å². The highest BCUT2D eigenvalue weighted by atomic mass is 16.4. The lowest BCUT2D eigenvalue weighted by Gasteiger charge is -2.16. The summed E-state index contributed by atoms with van der Waals surface area (Å²) in [6.45, 7) is 8.42. The number of urea groups is 1. The Morgan fingerprint density at radius 1 is 1.35 bits per heavy atom. The zero-order valence-corrected chi connectivity index (χ0v) is 12.5. The molecular weight excluding hydrogens is 258 g/mol. The smallest absolute Gasteiger partial charge is 0.314 e. The number of carbonyl (C=O) groups excluding carboxylic acids is 1. The second kappa shape index (κ2) is 8.79. The van der Waals surface area contributed by atoms with Gasteiger partial charge in [-0.3, -0.25) is 4.79 Å². The van der Waals surface area contributed by atoms with Crippen molar-refractivity contribution in [3.8, 4) is 0 Å². The highest BCUT2D eigenvalue weighted by molar-refractivity contribution is 5.74. The number of hydrogen-bond donors (Lipinski definition) is 3. The zero-order chi connectivity index (χ0) is 15.0. The molecule has 1 rings (SSSR count). The van der Waals surface area contributed by atoms with E-state index in [2.05, 4.69) is 22.5 Å². The number of rotatable bonds is 8. The van der Waals surface area contributed by atoms with Gasteiger partial charge in [0.05, 0.1) is 0 Å². The first-order chi connectivity index (χ1) is 9.55. The minimum absolute atomic E-state index is 0.000290. The van der Waals surface area contributed by atoms with Crippen LogP contribution in [0.4, 0.5) is 4.79 Å². The van der Waals surface area contributed by atoms with Crippen molar-refractivity contribution in [1.29, 1.82) is 0 Å². The highest BCUT2D eigenvalue weighted by Crippen LogP contribution is 2.14. The number of likely N-dealkylation sites (tertiary alicyclic amines) is 1. The molecule has 0 aromatic heterocycles. The Balaban J connectivity index is 2.15. The van der Waals surface area contributed by atoms with Crippen LogP contribution in [0.3, 0.4) is 0 Å². The third-order valence-electron chi connectivity index (χ3n) is 3.96. The molecule has 1 heterocycles. The van der Waals surface area contributed by atoms with Crippen LogP contribution in [-0.4, -0.2) is 54.7 Å². The van der Waals surface area contributed by atoms with Gasteiger partial charge in [0, 0.05) is 26.1 Å². The molecule has 6 heteroatoms. The van der Waals surface area contributed by atoms with Gasteiger partial charge in [0.15, 0.2) is 0 Å². The number of amides is 2. The number of nitrogens with one attached hydrogen (secondary N) is 2. The Bertz CT molecular complexity index is 323. The van der Waals surface area contributed by atoms with Crippen LogP contribution in [0.1, 0.15) is 33.1 Å². The Labute approximate surface area is 120 Å². The van der Waals surface area contributed by atoms with Crippen LogP contribution in [-0.2, 0) is 4.79 Å². The first-order valence-corrected chi connectivity index (χ1v) is 7.50. The lowest BCUT2D eigenvalue weighted by Crippen LogP contribution is -2.41. The van der Waals surface area contributed by atoms with Crippen molar-refractivity contribution in [2.24, 2.45) is 11.8 Å². The lowest BCUT2D eigenvalue weighted by atomic mass is 10.0. The van der Waals surface area contributed by atoms with Crippen molar-refractivity contribution in [3.05, 3.63) is 0 Å². The fourth-order valence-electron chi connectivity index (χ4n) is 2.51. The van der Waals surface area contributed by atoms with E-state index in [-0.39, 0.29) is 18.4 Å². The summed E-state index contributed by atoms with van der Waals surface area (Å²) in [4.78, 5) is 24.7. The number of carboxylic acid groups (broad SMARTS) is 1. The predicted octanol–water partition coefficient (Wildman–Crippen LogP) is 1.13. The third-order valence-corrected chi connectivity index (χ3v) is 3.96. The fraction of sp³-hybridized carbons (Fsp3) is 0.857. The van der Waals surface area contributed by atoms with Crippen LogP contribution >= 0.6 is 0 Å². The maximum Gasteiger partial charge on any atom is 0.314 e. The van der Waals surface area contributed by atoms with E-state index in [1.165, 1.54) is 0 Å². The van der Waals surface area contributed by atoms with Crippen molar-refractivity contribution in [2.45, 2.75) is 33.1 Å². The molecule has 1 fully saturated rings. The predicted molar refractivity (Wildman–Crippen MR) is 77.7 cm³/mol. The monoisotopic (exact) mass is 285 g/mol. The van der Waals surface area contributed by atoms with Gasteiger partial charge in [0.25, 0.3) is 0 Å². The van der Waals surface area contributed by atoms with Gasteiger partial charge in [0.1, 0.15) is 0 Å². The molecule has 0 saturated carbocycles. The van der Waals surface area contributed by atoms with Gasteiger partial charge in [-0.1, -0.05) is 20.3 Å². The number of carbonyl (C=O) groups is 2. The Hall–Kier alpha value is -1.30. The molecule has 0 bridgehead atoms. The fourth-order valence-corrected chi connectivity index (χ4v) is 2.51. The molecule has 1 aliphatic heterocycles. The minimum atomic E-state index is -0.815. The number of hydrogen-bond acceptors (Lipinski definition) is 3. The Morgan fingerprint density at radius 2 is 2.10 bits per heavy atom. The summed E-state index contributed by atoms with van der Waals surface area (Å²) in [7, 11) is 0. The normalized spacial score (nSPS) is 20.6. The van der Waals surface area contributed by atoms with E-state index in [1.807, 2.05) is 6.92 Å². The molecule has 20 heavy (non-hydrogen) atoms. The van der Waals surface area contributed by atoms with Crippen LogP contribution in [0.15, 0.2) is 0 Å². The van der Waals surface area contributed by atoms with Crippen LogP contribution in [0.2, 0.25) is 0 Å². The maximum atomic E-state index is 11.7. The van der Waals surface area contributed by atoms with Crippen molar-refractivity contribution >= 4 is 12.0 Å². The molecule has 3 N–H and O–H groups in total. The van der Waals surface area contributed by atoms with Gasteiger partial charge in [-0.25, -0.2) is 4.79 Å². The first kappa shape index (κ1) is 16.8. The summed E-state index contributed by atoms with van der Waals surface area (Å²) in [6, 6.07) is -0.191. The number of nitrogens with zero attached hydrogens (tertiary/aromatic N) is 1. The molecule has 0 aromatic rings. The third kappa shape index (κ3) is 6.23. The van der Waals surface area contributed by atoms with Gasteiger partial charge in [0.2, 0.25) is 0 Å². The first-order valence-electron chi connectivity index (χ1n) is 7.50. The number of carboxylic acids is 1. The van der Waals surface area contributed by atoms with E-state index in [4.69, 9.17) is 5.11 Å². The maximum absolute atomic E-state index is 11.7. The largest absolute Gasteiger partial charge is 0.481 e. The van der Waals surface area contributed by atoms with Crippen molar-refractivity contribution in [1.82, 2.24) is 15.5 Å². The summed E-state index contributed by atoms with van der Waals surface area (Å²) in [5.41, 5.74) is 0. The van der Waals surface area contributed by atoms with Crippen LogP contribution in [0, 0.1) is 11.8 Å². The molecule has 6 nitrogen and oxygen atoms in total. The molecule has 1 saturated heterocycles. The SMILES string of the molecule is CCC(CNC(=O)NCC1CCN(CC)C1)CC(=O)O. The number of aliphatic carboxylic acids is 1. The molecule has 2 unspecified atom stereocenters. The average Bonchev–Trinajstić information content (AvgIpc) is 2.88. The summed E-state index contributed by atoms with van der Waals surface area (Å²) in [5, 5.41) is 14.4. The Morgan fingerprint density at radius 3 is 2.65 bits per heavy atom. The summed E-state index contributed by atoms with van der Waals surface area (Å²) >= 11 is 0. The molecule has 2 amide bonds. The molecule has 1 aliphatic rings. The summed E-state index contributed by atoms with van der Waals surface area (Å²) in [6.07, 6.45) is 1.98. The van der Waals surface area contributed by atoms with E-state index in [9.17, 15) is 9.59 Å². The standard InChI is InChI=1S/C14H27N3O3/c1-3-11(7-13(18)19)8-15-14(20)16-9-12-5-6-17(4-2)10-12/h11-12H,3-10H2,1-2H3,(H,18,19)(H2,15,16,20). The van der Waals surface area contributed by atoms with E-state index < -0.39 is 5.97 Å². The van der Waals surface area contributed by atoms with E-state index in [0.29, 0.717) is 19.0 Å². The van der Waals surface area contributed by atoms with Crippen LogP contribution in [0.25, 0.3) is 0 Å². The van der Waals surface area contributed by atoms with E-state index >= 15 is 0 Å². The molecule has 0 aliphatic carbocycles. The second-order valence-corrected chi connectivity index (χ2v) is 5.51. The topological polar surface area (TPSA) is 81.7 Å². The molecule has 2 atom stereocenters. The van der Waals surface area contributed by atoms with Crippen molar-refractivity contribution in [2.75, 3.05) is 32.7 Å². The molecule has 116 valence electrons.